The highest BCUT2D eigenvalue weighted by Crippen LogP contribution is 2.32. The van der Waals surface area contributed by atoms with Crippen LogP contribution >= 0.6 is 0 Å². The summed E-state index contributed by atoms with van der Waals surface area (Å²) in [5, 5.41) is 0. The Bertz CT molecular complexity index is 311. The number of carbonyl (C=O) groups excluding carboxylic acids is 1. The van der Waals surface area contributed by atoms with Gasteiger partial charge in [-0.05, 0) is 44.4 Å². The van der Waals surface area contributed by atoms with E-state index in [9.17, 15) is 4.79 Å². The van der Waals surface area contributed by atoms with Gasteiger partial charge in [0, 0.05) is 38.1 Å². The molecule has 3 rings (SSSR count). The molecule has 0 aromatic heterocycles. The standard InChI is InChI=1S/C16H28N2O/c1-2-13-3-7-15(8-4-13)17-9-11-18(12-10-17)16(19)14-5-6-14/h13-15H,2-12H2,1H3. The summed E-state index contributed by atoms with van der Waals surface area (Å²) < 4.78 is 0. The fourth-order valence-electron chi connectivity index (χ4n) is 3.81. The number of rotatable bonds is 3. The highest BCUT2D eigenvalue weighted by molar-refractivity contribution is 5.81. The van der Waals surface area contributed by atoms with Crippen LogP contribution in [0.5, 0.6) is 0 Å². The first-order valence-corrected chi connectivity index (χ1v) is 8.30. The highest BCUT2D eigenvalue weighted by atomic mass is 16.2. The molecule has 1 heterocycles. The summed E-state index contributed by atoms with van der Waals surface area (Å²) in [6.07, 6.45) is 9.24. The van der Waals surface area contributed by atoms with E-state index in [-0.39, 0.29) is 0 Å². The predicted molar refractivity (Wildman–Crippen MR) is 76.9 cm³/mol. The zero-order valence-corrected chi connectivity index (χ0v) is 12.3. The molecule has 0 spiro atoms. The van der Waals surface area contributed by atoms with Crippen LogP contribution < -0.4 is 0 Å². The lowest BCUT2D eigenvalue weighted by Crippen LogP contribution is -2.52. The molecule has 1 amide bonds. The van der Waals surface area contributed by atoms with E-state index in [0.717, 1.165) is 51.0 Å². The molecule has 0 N–H and O–H groups in total. The Balaban J connectivity index is 1.43. The SMILES string of the molecule is CCC1CCC(N2CCN(C(=O)C3CC3)CC2)CC1. The van der Waals surface area contributed by atoms with Crippen molar-refractivity contribution in [2.24, 2.45) is 11.8 Å². The summed E-state index contributed by atoms with van der Waals surface area (Å²) in [4.78, 5) is 16.8. The van der Waals surface area contributed by atoms with E-state index in [1.807, 2.05) is 0 Å². The van der Waals surface area contributed by atoms with Gasteiger partial charge in [0.1, 0.15) is 0 Å². The monoisotopic (exact) mass is 264 g/mol. The van der Waals surface area contributed by atoms with Gasteiger partial charge < -0.3 is 4.90 Å². The third-order valence-electron chi connectivity index (χ3n) is 5.46. The van der Waals surface area contributed by atoms with Gasteiger partial charge in [-0.25, -0.2) is 0 Å². The van der Waals surface area contributed by atoms with Crippen LogP contribution in [-0.2, 0) is 4.79 Å². The Labute approximate surface area is 117 Å². The minimum atomic E-state index is 0.395. The van der Waals surface area contributed by atoms with Crippen molar-refractivity contribution in [3.05, 3.63) is 0 Å². The zero-order chi connectivity index (χ0) is 13.2. The Hall–Kier alpha value is -0.570. The summed E-state index contributed by atoms with van der Waals surface area (Å²) in [6, 6.07) is 0.806. The molecule has 0 unspecified atom stereocenters. The van der Waals surface area contributed by atoms with E-state index in [1.54, 1.807) is 0 Å². The lowest BCUT2D eigenvalue weighted by atomic mass is 9.84. The molecule has 0 radical (unpaired) electrons. The van der Waals surface area contributed by atoms with Crippen molar-refractivity contribution >= 4 is 5.91 Å². The molecule has 108 valence electrons. The second-order valence-corrected chi connectivity index (χ2v) is 6.72. The van der Waals surface area contributed by atoms with Crippen LogP contribution in [-0.4, -0.2) is 47.9 Å². The molecular formula is C16H28N2O. The second-order valence-electron chi connectivity index (χ2n) is 6.72. The maximum Gasteiger partial charge on any atom is 0.225 e. The van der Waals surface area contributed by atoms with Crippen LogP contribution in [0.15, 0.2) is 0 Å². The van der Waals surface area contributed by atoms with Crippen LogP contribution in [0.1, 0.15) is 51.9 Å². The summed E-state index contributed by atoms with van der Waals surface area (Å²) in [7, 11) is 0. The van der Waals surface area contributed by atoms with Crippen molar-refractivity contribution in [2.75, 3.05) is 26.2 Å². The third-order valence-corrected chi connectivity index (χ3v) is 5.46. The number of nitrogens with zero attached hydrogens (tertiary/aromatic N) is 2. The van der Waals surface area contributed by atoms with Crippen molar-refractivity contribution < 1.29 is 4.79 Å². The number of carbonyl (C=O) groups is 1. The summed E-state index contributed by atoms with van der Waals surface area (Å²) in [5.41, 5.74) is 0. The smallest absolute Gasteiger partial charge is 0.225 e. The normalized spacial score (nSPS) is 33.4. The molecule has 0 bridgehead atoms. The van der Waals surface area contributed by atoms with Crippen molar-refractivity contribution in [1.82, 2.24) is 9.80 Å². The molecule has 19 heavy (non-hydrogen) atoms. The quantitative estimate of drug-likeness (QED) is 0.782. The average Bonchev–Trinajstić information content (AvgIpc) is 3.31. The van der Waals surface area contributed by atoms with Gasteiger partial charge in [-0.2, -0.15) is 0 Å². The second kappa shape index (κ2) is 5.82. The van der Waals surface area contributed by atoms with Gasteiger partial charge in [-0.15, -0.1) is 0 Å². The molecule has 0 aromatic rings. The average molecular weight is 264 g/mol. The van der Waals surface area contributed by atoms with Gasteiger partial charge in [0.05, 0.1) is 0 Å². The van der Waals surface area contributed by atoms with Gasteiger partial charge in [-0.3, -0.25) is 9.69 Å². The molecule has 0 atom stereocenters. The Morgan fingerprint density at radius 2 is 1.58 bits per heavy atom. The molecule has 3 nitrogen and oxygen atoms in total. The molecule has 2 aliphatic carbocycles. The van der Waals surface area contributed by atoms with Crippen molar-refractivity contribution in [3.8, 4) is 0 Å². The van der Waals surface area contributed by atoms with Gasteiger partial charge >= 0.3 is 0 Å². The van der Waals surface area contributed by atoms with Crippen LogP contribution in [0.4, 0.5) is 0 Å². The fourth-order valence-corrected chi connectivity index (χ4v) is 3.81. The Morgan fingerprint density at radius 1 is 0.947 bits per heavy atom. The van der Waals surface area contributed by atoms with E-state index < -0.39 is 0 Å². The number of hydrogen-bond donors (Lipinski definition) is 0. The lowest BCUT2D eigenvalue weighted by molar-refractivity contribution is -0.134. The molecule has 2 saturated carbocycles. The van der Waals surface area contributed by atoms with Crippen molar-refractivity contribution in [3.63, 3.8) is 0 Å². The van der Waals surface area contributed by atoms with Crippen LogP contribution in [0.2, 0.25) is 0 Å². The van der Waals surface area contributed by atoms with Crippen LogP contribution in [0.25, 0.3) is 0 Å². The van der Waals surface area contributed by atoms with Gasteiger partial charge in [0.2, 0.25) is 5.91 Å². The van der Waals surface area contributed by atoms with E-state index in [0.29, 0.717) is 11.8 Å². The van der Waals surface area contributed by atoms with E-state index in [1.165, 1.54) is 32.1 Å². The van der Waals surface area contributed by atoms with E-state index in [4.69, 9.17) is 0 Å². The minimum absolute atomic E-state index is 0.395. The van der Waals surface area contributed by atoms with Gasteiger partial charge in [0.15, 0.2) is 0 Å². The van der Waals surface area contributed by atoms with Crippen LogP contribution in [0, 0.1) is 11.8 Å². The lowest BCUT2D eigenvalue weighted by Gasteiger charge is -2.42. The molecule has 1 saturated heterocycles. The topological polar surface area (TPSA) is 23.6 Å². The van der Waals surface area contributed by atoms with Gasteiger partial charge in [-0.1, -0.05) is 13.3 Å². The molecule has 3 heteroatoms. The summed E-state index contributed by atoms with van der Waals surface area (Å²) in [5.74, 6) is 1.81. The summed E-state index contributed by atoms with van der Waals surface area (Å²) >= 11 is 0. The first kappa shape index (κ1) is 13.4. The number of amides is 1. The maximum absolute atomic E-state index is 12.0. The minimum Gasteiger partial charge on any atom is -0.340 e. The largest absolute Gasteiger partial charge is 0.340 e. The molecule has 1 aliphatic heterocycles. The van der Waals surface area contributed by atoms with E-state index >= 15 is 0 Å². The molecular weight excluding hydrogens is 236 g/mol. The van der Waals surface area contributed by atoms with Crippen LogP contribution in [0.3, 0.4) is 0 Å². The molecule has 0 aromatic carbocycles. The fraction of sp³-hybridized carbons (Fsp3) is 0.938. The first-order valence-electron chi connectivity index (χ1n) is 8.30. The van der Waals surface area contributed by atoms with Gasteiger partial charge in [0.25, 0.3) is 0 Å². The Kier molecular flexibility index (Phi) is 4.11. The zero-order valence-electron chi connectivity index (χ0n) is 12.3. The highest BCUT2D eigenvalue weighted by Gasteiger charge is 2.35. The number of hydrogen-bond acceptors (Lipinski definition) is 2. The van der Waals surface area contributed by atoms with Crippen molar-refractivity contribution in [1.29, 1.82) is 0 Å². The number of piperazine rings is 1. The maximum atomic E-state index is 12.0. The predicted octanol–water partition coefficient (Wildman–Crippen LogP) is 2.51. The Morgan fingerprint density at radius 3 is 2.11 bits per heavy atom. The molecule has 3 aliphatic rings. The first-order chi connectivity index (χ1) is 9.28. The summed E-state index contributed by atoms with van der Waals surface area (Å²) in [6.45, 7) is 6.50. The van der Waals surface area contributed by atoms with Crippen molar-refractivity contribution in [2.45, 2.75) is 57.9 Å². The third kappa shape index (κ3) is 3.13. The van der Waals surface area contributed by atoms with E-state index in [2.05, 4.69) is 16.7 Å². The molecule has 3 fully saturated rings.